The van der Waals surface area contributed by atoms with Crippen LogP contribution in [0.25, 0.3) is 0 Å². The lowest BCUT2D eigenvalue weighted by Crippen LogP contribution is -2.38. The number of benzene rings is 1. The molecule has 0 spiro atoms. The van der Waals surface area contributed by atoms with Crippen molar-refractivity contribution < 1.29 is 19.1 Å². The Bertz CT molecular complexity index is 465. The Morgan fingerprint density at radius 3 is 2.70 bits per heavy atom. The highest BCUT2D eigenvalue weighted by atomic mass is 19.1. The maximum absolute atomic E-state index is 13.3. The van der Waals surface area contributed by atoms with Gasteiger partial charge in [0.2, 0.25) is 0 Å². The minimum absolute atomic E-state index is 0.0842. The van der Waals surface area contributed by atoms with Gasteiger partial charge in [0.15, 0.2) is 0 Å². The van der Waals surface area contributed by atoms with Crippen molar-refractivity contribution in [1.82, 2.24) is 10.2 Å². The van der Waals surface area contributed by atoms with E-state index >= 15 is 0 Å². The maximum Gasteiger partial charge on any atom is 0.317 e. The lowest BCUT2D eigenvalue weighted by molar-refractivity contribution is -0.137. The first-order valence-corrected chi connectivity index (χ1v) is 6.45. The Labute approximate surface area is 117 Å². The topological polar surface area (TPSA) is 69.6 Å². The first-order valence-electron chi connectivity index (χ1n) is 6.45. The summed E-state index contributed by atoms with van der Waals surface area (Å²) < 4.78 is 13.3. The smallest absolute Gasteiger partial charge is 0.317 e. The van der Waals surface area contributed by atoms with Crippen LogP contribution < -0.4 is 5.32 Å². The number of aryl methyl sites for hydroxylation is 1. The van der Waals surface area contributed by atoms with Crippen molar-refractivity contribution in [1.29, 1.82) is 0 Å². The van der Waals surface area contributed by atoms with E-state index in [-0.39, 0.29) is 24.8 Å². The number of rotatable bonds is 7. The van der Waals surface area contributed by atoms with Crippen LogP contribution in [0, 0.1) is 5.82 Å². The van der Waals surface area contributed by atoms with Gasteiger partial charge < -0.3 is 15.3 Å². The molecule has 1 rings (SSSR count). The van der Waals surface area contributed by atoms with Gasteiger partial charge in [-0.1, -0.05) is 18.2 Å². The van der Waals surface area contributed by atoms with Crippen LogP contribution in [-0.2, 0) is 11.2 Å². The zero-order valence-corrected chi connectivity index (χ0v) is 11.4. The minimum Gasteiger partial charge on any atom is -0.481 e. The minimum atomic E-state index is -0.941. The molecule has 0 aromatic heterocycles. The van der Waals surface area contributed by atoms with Crippen molar-refractivity contribution in [2.24, 2.45) is 0 Å². The second-order valence-electron chi connectivity index (χ2n) is 4.49. The summed E-state index contributed by atoms with van der Waals surface area (Å²) in [4.78, 5) is 23.3. The standard InChI is InChI=1S/C14H19FN2O3/c1-17(10-8-13(18)19)14(20)16-9-4-6-11-5-2-3-7-12(11)15/h2-3,5,7H,4,6,8-10H2,1H3,(H,16,20)(H,18,19). The second-order valence-corrected chi connectivity index (χ2v) is 4.49. The number of carbonyl (C=O) groups excluding carboxylic acids is 1. The Morgan fingerprint density at radius 1 is 1.35 bits per heavy atom. The molecular weight excluding hydrogens is 263 g/mol. The summed E-state index contributed by atoms with van der Waals surface area (Å²) in [6.45, 7) is 0.582. The van der Waals surface area contributed by atoms with Gasteiger partial charge in [-0.2, -0.15) is 0 Å². The van der Waals surface area contributed by atoms with E-state index in [0.717, 1.165) is 0 Å². The summed E-state index contributed by atoms with van der Waals surface area (Å²) in [5.41, 5.74) is 0.626. The highest BCUT2D eigenvalue weighted by molar-refractivity contribution is 5.74. The molecule has 1 aromatic carbocycles. The number of amides is 2. The van der Waals surface area contributed by atoms with Crippen molar-refractivity contribution >= 4 is 12.0 Å². The molecule has 0 radical (unpaired) electrons. The Morgan fingerprint density at radius 2 is 2.05 bits per heavy atom. The average molecular weight is 282 g/mol. The van der Waals surface area contributed by atoms with Gasteiger partial charge in [0.05, 0.1) is 6.42 Å². The fourth-order valence-corrected chi connectivity index (χ4v) is 1.68. The molecule has 0 heterocycles. The quantitative estimate of drug-likeness (QED) is 0.750. The van der Waals surface area contributed by atoms with Crippen molar-refractivity contribution in [2.75, 3.05) is 20.1 Å². The fourth-order valence-electron chi connectivity index (χ4n) is 1.68. The SMILES string of the molecule is CN(CCC(=O)O)C(=O)NCCCc1ccccc1F. The van der Waals surface area contributed by atoms with Crippen LogP contribution in [0.15, 0.2) is 24.3 Å². The molecule has 1 aromatic rings. The summed E-state index contributed by atoms with van der Waals surface area (Å²) in [7, 11) is 1.54. The molecular formula is C14H19FN2O3. The number of halogens is 1. The molecule has 110 valence electrons. The Balaban J connectivity index is 2.22. The first-order chi connectivity index (χ1) is 9.50. The number of carbonyl (C=O) groups is 2. The fraction of sp³-hybridized carbons (Fsp3) is 0.429. The van der Waals surface area contributed by atoms with Gasteiger partial charge in [0, 0.05) is 20.1 Å². The molecule has 20 heavy (non-hydrogen) atoms. The van der Waals surface area contributed by atoms with E-state index in [1.54, 1.807) is 18.2 Å². The number of hydrogen-bond donors (Lipinski definition) is 2. The van der Waals surface area contributed by atoms with Crippen LogP contribution in [0.1, 0.15) is 18.4 Å². The van der Waals surface area contributed by atoms with Gasteiger partial charge in [-0.25, -0.2) is 9.18 Å². The van der Waals surface area contributed by atoms with Crippen LogP contribution >= 0.6 is 0 Å². The molecule has 0 unspecified atom stereocenters. The first kappa shape index (κ1) is 15.9. The number of urea groups is 1. The van der Waals surface area contributed by atoms with Gasteiger partial charge >= 0.3 is 12.0 Å². The third-order valence-corrected chi connectivity index (χ3v) is 2.86. The van der Waals surface area contributed by atoms with E-state index in [9.17, 15) is 14.0 Å². The molecule has 5 nitrogen and oxygen atoms in total. The molecule has 0 bridgehead atoms. The van der Waals surface area contributed by atoms with Gasteiger partial charge in [-0.3, -0.25) is 4.79 Å². The lowest BCUT2D eigenvalue weighted by atomic mass is 10.1. The molecule has 0 aliphatic carbocycles. The van der Waals surface area contributed by atoms with Crippen molar-refractivity contribution in [3.8, 4) is 0 Å². The summed E-state index contributed by atoms with van der Waals surface area (Å²) in [6.07, 6.45) is 1.09. The van der Waals surface area contributed by atoms with Gasteiger partial charge in [-0.15, -0.1) is 0 Å². The molecule has 0 fully saturated rings. The number of carboxylic acids is 1. The maximum atomic E-state index is 13.3. The summed E-state index contributed by atoms with van der Waals surface area (Å²) >= 11 is 0. The zero-order valence-electron chi connectivity index (χ0n) is 11.4. The number of carboxylic acid groups (broad SMARTS) is 1. The largest absolute Gasteiger partial charge is 0.481 e. The Hall–Kier alpha value is -2.11. The lowest BCUT2D eigenvalue weighted by Gasteiger charge is -2.16. The predicted octanol–water partition coefficient (Wildman–Crippen LogP) is 1.87. The molecule has 0 aliphatic heterocycles. The number of nitrogens with zero attached hydrogens (tertiary/aromatic N) is 1. The summed E-state index contributed by atoms with van der Waals surface area (Å²) in [6, 6.07) is 6.22. The number of hydrogen-bond acceptors (Lipinski definition) is 2. The molecule has 0 saturated heterocycles. The molecule has 0 atom stereocenters. The van der Waals surface area contributed by atoms with Gasteiger partial charge in [0.25, 0.3) is 0 Å². The second kappa shape index (κ2) is 8.14. The highest BCUT2D eigenvalue weighted by Gasteiger charge is 2.09. The molecule has 2 amide bonds. The van der Waals surface area contributed by atoms with E-state index in [4.69, 9.17) is 5.11 Å². The van der Waals surface area contributed by atoms with Crippen LogP contribution in [0.4, 0.5) is 9.18 Å². The van der Waals surface area contributed by atoms with Crippen LogP contribution in [0.2, 0.25) is 0 Å². The van der Waals surface area contributed by atoms with Gasteiger partial charge in [-0.05, 0) is 24.5 Å². The zero-order chi connectivity index (χ0) is 15.0. The summed E-state index contributed by atoms with van der Waals surface area (Å²) in [5, 5.41) is 11.2. The highest BCUT2D eigenvalue weighted by Crippen LogP contribution is 2.08. The molecule has 0 saturated carbocycles. The molecule has 2 N–H and O–H groups in total. The van der Waals surface area contributed by atoms with Crippen LogP contribution in [-0.4, -0.2) is 42.1 Å². The van der Waals surface area contributed by atoms with E-state index < -0.39 is 5.97 Å². The Kier molecular flexibility index (Phi) is 6.49. The number of aliphatic carboxylic acids is 1. The van der Waals surface area contributed by atoms with Crippen LogP contribution in [0.5, 0.6) is 0 Å². The van der Waals surface area contributed by atoms with E-state index in [0.29, 0.717) is 24.9 Å². The normalized spacial score (nSPS) is 10.1. The van der Waals surface area contributed by atoms with E-state index in [2.05, 4.69) is 5.32 Å². The third-order valence-electron chi connectivity index (χ3n) is 2.86. The molecule has 6 heteroatoms. The van der Waals surface area contributed by atoms with Gasteiger partial charge in [0.1, 0.15) is 5.82 Å². The monoisotopic (exact) mass is 282 g/mol. The number of nitrogens with one attached hydrogen (secondary N) is 1. The third kappa shape index (κ3) is 5.69. The van der Waals surface area contributed by atoms with E-state index in [1.165, 1.54) is 18.0 Å². The average Bonchev–Trinajstić information content (AvgIpc) is 2.42. The van der Waals surface area contributed by atoms with E-state index in [1.807, 2.05) is 0 Å². The predicted molar refractivity (Wildman–Crippen MR) is 73.0 cm³/mol. The summed E-state index contributed by atoms with van der Waals surface area (Å²) in [5.74, 6) is -1.18. The van der Waals surface area contributed by atoms with Crippen molar-refractivity contribution in [3.63, 3.8) is 0 Å². The van der Waals surface area contributed by atoms with Crippen molar-refractivity contribution in [3.05, 3.63) is 35.6 Å². The van der Waals surface area contributed by atoms with Crippen LogP contribution in [0.3, 0.4) is 0 Å². The molecule has 0 aliphatic rings. The van der Waals surface area contributed by atoms with Crippen molar-refractivity contribution in [2.45, 2.75) is 19.3 Å².